The maximum atomic E-state index is 12.0. The van der Waals surface area contributed by atoms with Crippen LogP contribution in [-0.4, -0.2) is 48.6 Å². The SMILES string of the molecule is CC(=O)C[C@@H]1O[C@H]2[C@H]3[C@@H](C[C@@H](C)[C@@H](OC(C)=O)[C@H]31)[C@@H](C)CO[C@@]2(C)/C=C/C=O. The van der Waals surface area contributed by atoms with E-state index in [0.29, 0.717) is 18.4 Å². The van der Waals surface area contributed by atoms with E-state index in [1.165, 1.54) is 13.0 Å². The van der Waals surface area contributed by atoms with Gasteiger partial charge in [-0.05, 0) is 50.2 Å². The Hall–Kier alpha value is -1.53. The highest BCUT2D eigenvalue weighted by molar-refractivity contribution is 5.76. The van der Waals surface area contributed by atoms with E-state index in [-0.39, 0.29) is 54.2 Å². The topological polar surface area (TPSA) is 78.9 Å². The number of aldehydes is 1. The third-order valence-corrected chi connectivity index (χ3v) is 6.87. The zero-order valence-corrected chi connectivity index (χ0v) is 17.4. The van der Waals surface area contributed by atoms with E-state index in [4.69, 9.17) is 14.2 Å². The van der Waals surface area contributed by atoms with Gasteiger partial charge in [0.05, 0.1) is 18.8 Å². The number of hydrogen-bond acceptors (Lipinski definition) is 6. The first-order valence-corrected chi connectivity index (χ1v) is 10.3. The first-order valence-electron chi connectivity index (χ1n) is 10.3. The Morgan fingerprint density at radius 2 is 1.89 bits per heavy atom. The second kappa shape index (κ2) is 8.07. The molecule has 1 aliphatic carbocycles. The van der Waals surface area contributed by atoms with E-state index < -0.39 is 5.60 Å². The van der Waals surface area contributed by atoms with Gasteiger partial charge >= 0.3 is 5.97 Å². The van der Waals surface area contributed by atoms with Crippen LogP contribution in [0.25, 0.3) is 0 Å². The first kappa shape index (κ1) is 21.2. The largest absolute Gasteiger partial charge is 0.462 e. The summed E-state index contributed by atoms with van der Waals surface area (Å²) in [5.41, 5.74) is -0.764. The Morgan fingerprint density at radius 3 is 2.50 bits per heavy atom. The molecule has 0 bridgehead atoms. The highest BCUT2D eigenvalue weighted by Gasteiger charge is 2.62. The van der Waals surface area contributed by atoms with Crippen molar-refractivity contribution in [3.8, 4) is 0 Å². The molecule has 0 unspecified atom stereocenters. The molecule has 1 saturated carbocycles. The van der Waals surface area contributed by atoms with Crippen LogP contribution in [0.5, 0.6) is 0 Å². The average molecular weight is 392 g/mol. The van der Waals surface area contributed by atoms with Gasteiger partial charge in [-0.3, -0.25) is 14.4 Å². The Bertz CT molecular complexity index is 657. The molecule has 2 aliphatic heterocycles. The van der Waals surface area contributed by atoms with Crippen LogP contribution in [-0.2, 0) is 28.6 Å². The van der Waals surface area contributed by atoms with Crippen molar-refractivity contribution in [3.05, 3.63) is 12.2 Å². The number of hydrogen-bond donors (Lipinski definition) is 0. The monoisotopic (exact) mass is 392 g/mol. The van der Waals surface area contributed by atoms with Crippen molar-refractivity contribution < 1.29 is 28.6 Å². The number of Topliss-reactive ketones (excluding diaryl/α,β-unsaturated/α-hetero) is 1. The van der Waals surface area contributed by atoms with Gasteiger partial charge in [-0.1, -0.05) is 13.8 Å². The first-order chi connectivity index (χ1) is 13.2. The molecule has 0 spiro atoms. The lowest BCUT2D eigenvalue weighted by atomic mass is 9.60. The zero-order valence-electron chi connectivity index (χ0n) is 17.4. The molecule has 9 atom stereocenters. The van der Waals surface area contributed by atoms with Gasteiger partial charge in [-0.25, -0.2) is 0 Å². The van der Waals surface area contributed by atoms with Gasteiger partial charge in [0, 0.05) is 25.2 Å². The number of carbonyl (C=O) groups is 3. The normalized spacial score (nSPS) is 45.3. The van der Waals surface area contributed by atoms with Crippen LogP contribution in [0.2, 0.25) is 0 Å². The summed E-state index contributed by atoms with van der Waals surface area (Å²) in [5, 5.41) is 0. The van der Waals surface area contributed by atoms with Crippen molar-refractivity contribution in [2.24, 2.45) is 29.6 Å². The molecule has 3 aliphatic rings. The lowest BCUT2D eigenvalue weighted by molar-refractivity contribution is -0.160. The fourth-order valence-electron chi connectivity index (χ4n) is 5.73. The fourth-order valence-corrected chi connectivity index (χ4v) is 5.73. The van der Waals surface area contributed by atoms with E-state index in [1.54, 1.807) is 13.0 Å². The maximum absolute atomic E-state index is 12.0. The van der Waals surface area contributed by atoms with E-state index >= 15 is 0 Å². The van der Waals surface area contributed by atoms with Crippen LogP contribution in [0.15, 0.2) is 12.2 Å². The minimum atomic E-state index is -0.764. The van der Waals surface area contributed by atoms with Crippen molar-refractivity contribution in [1.82, 2.24) is 0 Å². The summed E-state index contributed by atoms with van der Waals surface area (Å²) in [6, 6.07) is 0. The predicted molar refractivity (Wildman–Crippen MR) is 102 cm³/mol. The van der Waals surface area contributed by atoms with Gasteiger partial charge in [-0.15, -0.1) is 0 Å². The molecule has 0 aromatic carbocycles. The molecule has 3 rings (SSSR count). The summed E-state index contributed by atoms with van der Waals surface area (Å²) in [7, 11) is 0. The molecule has 3 fully saturated rings. The van der Waals surface area contributed by atoms with E-state index in [9.17, 15) is 14.4 Å². The quantitative estimate of drug-likeness (QED) is 0.407. The summed E-state index contributed by atoms with van der Waals surface area (Å²) in [5.74, 6) is 0.633. The highest BCUT2D eigenvalue weighted by Crippen LogP contribution is 2.56. The van der Waals surface area contributed by atoms with Crippen molar-refractivity contribution in [2.45, 2.75) is 71.4 Å². The lowest BCUT2D eigenvalue weighted by Gasteiger charge is -2.46. The molecule has 0 N–H and O–H groups in total. The number of esters is 1. The number of carbonyl (C=O) groups excluding carboxylic acids is 3. The van der Waals surface area contributed by atoms with Gasteiger partial charge in [-0.2, -0.15) is 0 Å². The van der Waals surface area contributed by atoms with Crippen molar-refractivity contribution in [1.29, 1.82) is 0 Å². The van der Waals surface area contributed by atoms with Gasteiger partial charge in [0.1, 0.15) is 23.8 Å². The molecule has 2 saturated heterocycles. The number of allylic oxidation sites excluding steroid dienone is 1. The van der Waals surface area contributed by atoms with E-state index in [2.05, 4.69) is 13.8 Å². The zero-order chi connectivity index (χ0) is 20.6. The van der Waals surface area contributed by atoms with E-state index in [1.807, 2.05) is 6.92 Å². The van der Waals surface area contributed by atoms with Crippen molar-refractivity contribution >= 4 is 18.0 Å². The molecule has 6 nitrogen and oxygen atoms in total. The second-order valence-corrected chi connectivity index (χ2v) is 9.07. The van der Waals surface area contributed by atoms with Crippen LogP contribution in [0.3, 0.4) is 0 Å². The Morgan fingerprint density at radius 1 is 1.18 bits per heavy atom. The molecular formula is C22H32O6. The van der Waals surface area contributed by atoms with Gasteiger partial charge in [0.25, 0.3) is 0 Å². The van der Waals surface area contributed by atoms with Crippen LogP contribution in [0, 0.1) is 29.6 Å². The molecular weight excluding hydrogens is 360 g/mol. The van der Waals surface area contributed by atoms with Gasteiger partial charge < -0.3 is 14.2 Å². The Kier molecular flexibility index (Phi) is 6.11. The average Bonchev–Trinajstić information content (AvgIpc) is 2.94. The summed E-state index contributed by atoms with van der Waals surface area (Å²) < 4.78 is 18.5. The van der Waals surface area contributed by atoms with Crippen molar-refractivity contribution in [2.75, 3.05) is 6.61 Å². The second-order valence-electron chi connectivity index (χ2n) is 9.07. The summed E-state index contributed by atoms with van der Waals surface area (Å²) in [6.45, 7) is 9.82. The van der Waals surface area contributed by atoms with Gasteiger partial charge in [0.15, 0.2) is 0 Å². The summed E-state index contributed by atoms with van der Waals surface area (Å²) in [4.78, 5) is 34.7. The van der Waals surface area contributed by atoms with Crippen LogP contribution >= 0.6 is 0 Å². The number of rotatable bonds is 5. The molecule has 6 heteroatoms. The standard InChI is InChI=1S/C22H32O6/c1-12-9-16-13(2)11-26-22(5,7-6-8-23)21-18(16)19(20(12)27-15(4)25)17(28-21)10-14(3)24/h6-8,12-13,16-21H,9-11H2,1-5H3/b7-6+/t12-,13+,16+,17+,18+,19+,20-,21+,22+/m1/s1. The molecule has 0 aromatic rings. The minimum Gasteiger partial charge on any atom is -0.462 e. The molecule has 0 radical (unpaired) electrons. The molecule has 0 aromatic heterocycles. The maximum Gasteiger partial charge on any atom is 0.302 e. The molecule has 28 heavy (non-hydrogen) atoms. The van der Waals surface area contributed by atoms with Crippen LogP contribution < -0.4 is 0 Å². The van der Waals surface area contributed by atoms with E-state index in [0.717, 1.165) is 12.7 Å². The number of ether oxygens (including phenoxy) is 3. The Balaban J connectivity index is 2.06. The van der Waals surface area contributed by atoms with Gasteiger partial charge in [0.2, 0.25) is 0 Å². The molecule has 0 amide bonds. The molecule has 156 valence electrons. The van der Waals surface area contributed by atoms with Crippen LogP contribution in [0.1, 0.15) is 47.5 Å². The third-order valence-electron chi connectivity index (χ3n) is 6.87. The predicted octanol–water partition coefficient (Wildman–Crippen LogP) is 2.73. The highest BCUT2D eigenvalue weighted by atomic mass is 16.6. The summed E-state index contributed by atoms with van der Waals surface area (Å²) >= 11 is 0. The van der Waals surface area contributed by atoms with Crippen LogP contribution in [0.4, 0.5) is 0 Å². The smallest absolute Gasteiger partial charge is 0.302 e. The molecule has 2 heterocycles. The minimum absolute atomic E-state index is 0.0527. The lowest BCUT2D eigenvalue weighted by Crippen LogP contribution is -2.51. The third kappa shape index (κ3) is 3.81. The fraction of sp³-hybridized carbons (Fsp3) is 0.773. The van der Waals surface area contributed by atoms with Crippen molar-refractivity contribution in [3.63, 3.8) is 0 Å². The summed E-state index contributed by atoms with van der Waals surface area (Å²) in [6.07, 6.45) is 4.28. The number of ketones is 1. The Labute approximate surface area is 167 Å².